The van der Waals surface area contributed by atoms with Crippen LogP contribution in [0.15, 0.2) is 18.5 Å². The number of pyridine rings is 1. The van der Waals surface area contributed by atoms with Crippen LogP contribution in [0.3, 0.4) is 0 Å². The van der Waals surface area contributed by atoms with E-state index in [-0.39, 0.29) is 5.91 Å². The normalized spacial score (nSPS) is 23.7. The topological polar surface area (TPSA) is 42.0 Å². The highest BCUT2D eigenvalue weighted by Gasteiger charge is 2.22. The first-order valence-corrected chi connectivity index (χ1v) is 6.94. The van der Waals surface area contributed by atoms with E-state index in [4.69, 9.17) is 11.6 Å². The van der Waals surface area contributed by atoms with Gasteiger partial charge in [0.2, 0.25) is 0 Å². The van der Waals surface area contributed by atoms with E-state index in [1.165, 1.54) is 31.9 Å². The van der Waals surface area contributed by atoms with Crippen LogP contribution in [0.2, 0.25) is 5.02 Å². The average Bonchev–Trinajstić information content (AvgIpc) is 2.38. The van der Waals surface area contributed by atoms with Crippen LogP contribution in [0.5, 0.6) is 0 Å². The van der Waals surface area contributed by atoms with Crippen molar-refractivity contribution in [2.75, 3.05) is 6.54 Å². The Morgan fingerprint density at radius 1 is 1.50 bits per heavy atom. The summed E-state index contributed by atoms with van der Waals surface area (Å²) in [5.74, 6) is 1.20. The average molecular weight is 267 g/mol. The molecule has 4 heteroatoms. The lowest BCUT2D eigenvalue weighted by atomic mass is 9.80. The largest absolute Gasteiger partial charge is 0.352 e. The highest BCUT2D eigenvalue weighted by Crippen LogP contribution is 2.28. The van der Waals surface area contributed by atoms with Gasteiger partial charge >= 0.3 is 0 Å². The van der Waals surface area contributed by atoms with Gasteiger partial charge in [-0.3, -0.25) is 9.78 Å². The van der Waals surface area contributed by atoms with Crippen LogP contribution in [-0.2, 0) is 0 Å². The fourth-order valence-electron chi connectivity index (χ4n) is 2.57. The smallest absolute Gasteiger partial charge is 0.252 e. The van der Waals surface area contributed by atoms with Crippen molar-refractivity contribution in [2.45, 2.75) is 32.6 Å². The van der Waals surface area contributed by atoms with Crippen LogP contribution >= 0.6 is 11.6 Å². The lowest BCUT2D eigenvalue weighted by Gasteiger charge is -2.28. The maximum Gasteiger partial charge on any atom is 0.252 e. The molecule has 2 rings (SSSR count). The number of hydrogen-bond donors (Lipinski definition) is 1. The van der Waals surface area contributed by atoms with Crippen molar-refractivity contribution in [3.05, 3.63) is 29.0 Å². The number of rotatable bonds is 3. The Labute approximate surface area is 113 Å². The molecule has 1 fully saturated rings. The molecule has 18 heavy (non-hydrogen) atoms. The van der Waals surface area contributed by atoms with Crippen molar-refractivity contribution in [3.63, 3.8) is 0 Å². The summed E-state index contributed by atoms with van der Waals surface area (Å²) in [6.45, 7) is 3.02. The van der Waals surface area contributed by atoms with Crippen molar-refractivity contribution < 1.29 is 4.79 Å². The number of carbonyl (C=O) groups is 1. The Kier molecular flexibility index (Phi) is 4.59. The van der Waals surface area contributed by atoms with Gasteiger partial charge in [-0.2, -0.15) is 0 Å². The summed E-state index contributed by atoms with van der Waals surface area (Å²) in [5, 5.41) is 3.40. The fourth-order valence-corrected chi connectivity index (χ4v) is 2.78. The van der Waals surface area contributed by atoms with Gasteiger partial charge in [0.15, 0.2) is 0 Å². The van der Waals surface area contributed by atoms with Crippen LogP contribution in [-0.4, -0.2) is 17.4 Å². The molecule has 2 unspecified atom stereocenters. The molecule has 0 radical (unpaired) electrons. The number of nitrogens with zero attached hydrogens (tertiary/aromatic N) is 1. The van der Waals surface area contributed by atoms with Gasteiger partial charge in [-0.15, -0.1) is 0 Å². The third-order valence-electron chi connectivity index (χ3n) is 3.83. The molecule has 0 aliphatic heterocycles. The number of carbonyl (C=O) groups excluding carboxylic acids is 1. The lowest BCUT2D eigenvalue weighted by Crippen LogP contribution is -2.33. The molecule has 0 spiro atoms. The van der Waals surface area contributed by atoms with Gasteiger partial charge in [-0.25, -0.2) is 0 Å². The van der Waals surface area contributed by atoms with E-state index in [0.29, 0.717) is 22.4 Å². The Morgan fingerprint density at radius 2 is 2.28 bits per heavy atom. The molecule has 1 aliphatic carbocycles. The number of amides is 1. The second kappa shape index (κ2) is 6.19. The molecule has 1 heterocycles. The SMILES string of the molecule is CC1CCCCC1CNC(=O)c1ccncc1Cl. The summed E-state index contributed by atoms with van der Waals surface area (Å²) in [6, 6.07) is 1.65. The van der Waals surface area contributed by atoms with E-state index >= 15 is 0 Å². The molecule has 0 saturated heterocycles. The summed E-state index contributed by atoms with van der Waals surface area (Å²) >= 11 is 5.95. The van der Waals surface area contributed by atoms with Crippen molar-refractivity contribution in [1.29, 1.82) is 0 Å². The third kappa shape index (κ3) is 3.22. The molecule has 0 bridgehead atoms. The monoisotopic (exact) mass is 266 g/mol. The van der Waals surface area contributed by atoms with Gasteiger partial charge in [-0.05, 0) is 24.3 Å². The van der Waals surface area contributed by atoms with Gasteiger partial charge in [0.05, 0.1) is 10.6 Å². The second-order valence-electron chi connectivity index (χ2n) is 5.09. The zero-order valence-electron chi connectivity index (χ0n) is 10.7. The number of hydrogen-bond acceptors (Lipinski definition) is 2. The Bertz CT molecular complexity index is 422. The van der Waals surface area contributed by atoms with Crippen LogP contribution in [0.4, 0.5) is 0 Å². The van der Waals surface area contributed by atoms with E-state index in [1.54, 1.807) is 12.3 Å². The molecule has 1 aliphatic rings. The molecule has 1 N–H and O–H groups in total. The van der Waals surface area contributed by atoms with Crippen LogP contribution in [0.1, 0.15) is 43.0 Å². The number of aromatic nitrogens is 1. The van der Waals surface area contributed by atoms with Crippen LogP contribution < -0.4 is 5.32 Å². The van der Waals surface area contributed by atoms with Gasteiger partial charge in [0, 0.05) is 18.9 Å². The summed E-state index contributed by atoms with van der Waals surface area (Å²) in [4.78, 5) is 15.9. The lowest BCUT2D eigenvalue weighted by molar-refractivity contribution is 0.0936. The second-order valence-corrected chi connectivity index (χ2v) is 5.49. The fraction of sp³-hybridized carbons (Fsp3) is 0.571. The minimum Gasteiger partial charge on any atom is -0.352 e. The molecule has 1 saturated carbocycles. The number of nitrogens with one attached hydrogen (secondary N) is 1. The van der Waals surface area contributed by atoms with Gasteiger partial charge in [-0.1, -0.05) is 37.8 Å². The highest BCUT2D eigenvalue weighted by molar-refractivity contribution is 6.33. The Balaban J connectivity index is 1.90. The van der Waals surface area contributed by atoms with E-state index in [9.17, 15) is 4.79 Å². The van der Waals surface area contributed by atoms with Crippen LogP contribution in [0, 0.1) is 11.8 Å². The molecule has 1 amide bonds. The first-order valence-electron chi connectivity index (χ1n) is 6.56. The van der Waals surface area contributed by atoms with E-state index in [0.717, 1.165) is 6.54 Å². The summed E-state index contributed by atoms with van der Waals surface area (Å²) in [7, 11) is 0. The number of halogens is 1. The van der Waals surface area contributed by atoms with Gasteiger partial charge in [0.25, 0.3) is 5.91 Å². The molecule has 3 nitrogen and oxygen atoms in total. The third-order valence-corrected chi connectivity index (χ3v) is 4.13. The zero-order valence-corrected chi connectivity index (χ0v) is 11.4. The summed E-state index contributed by atoms with van der Waals surface area (Å²) in [5.41, 5.74) is 0.509. The minimum absolute atomic E-state index is 0.0971. The van der Waals surface area contributed by atoms with Gasteiger partial charge < -0.3 is 5.32 Å². The molecule has 2 atom stereocenters. The minimum atomic E-state index is -0.0971. The maximum atomic E-state index is 12.0. The highest BCUT2D eigenvalue weighted by atomic mass is 35.5. The van der Waals surface area contributed by atoms with Crippen molar-refractivity contribution in [1.82, 2.24) is 10.3 Å². The Hall–Kier alpha value is -1.09. The zero-order chi connectivity index (χ0) is 13.0. The Morgan fingerprint density at radius 3 is 3.00 bits per heavy atom. The predicted octanol–water partition coefficient (Wildman–Crippen LogP) is 3.29. The standard InChI is InChI=1S/C14H19ClN2O/c1-10-4-2-3-5-11(10)8-17-14(18)12-6-7-16-9-13(12)15/h6-7,9-11H,2-5,8H2,1H3,(H,17,18). The summed E-state index contributed by atoms with van der Waals surface area (Å²) < 4.78 is 0. The van der Waals surface area contributed by atoms with E-state index in [2.05, 4.69) is 17.2 Å². The quantitative estimate of drug-likeness (QED) is 0.912. The molecule has 0 aromatic carbocycles. The van der Waals surface area contributed by atoms with Crippen molar-refractivity contribution in [3.8, 4) is 0 Å². The van der Waals surface area contributed by atoms with Crippen molar-refractivity contribution >= 4 is 17.5 Å². The van der Waals surface area contributed by atoms with E-state index < -0.39 is 0 Å². The first-order chi connectivity index (χ1) is 8.68. The maximum absolute atomic E-state index is 12.0. The molecule has 98 valence electrons. The molecule has 1 aromatic rings. The predicted molar refractivity (Wildman–Crippen MR) is 72.7 cm³/mol. The molecular weight excluding hydrogens is 248 g/mol. The first kappa shape index (κ1) is 13.3. The van der Waals surface area contributed by atoms with Crippen molar-refractivity contribution in [2.24, 2.45) is 11.8 Å². The molecular formula is C14H19ClN2O. The molecule has 1 aromatic heterocycles. The van der Waals surface area contributed by atoms with E-state index in [1.807, 2.05) is 0 Å². The summed E-state index contributed by atoms with van der Waals surface area (Å²) in [6.07, 6.45) is 8.18. The van der Waals surface area contributed by atoms with Crippen LogP contribution in [0.25, 0.3) is 0 Å². The van der Waals surface area contributed by atoms with Gasteiger partial charge in [0.1, 0.15) is 0 Å².